The summed E-state index contributed by atoms with van der Waals surface area (Å²) in [4.78, 5) is 34.3. The lowest BCUT2D eigenvalue weighted by Gasteiger charge is -2.34. The van der Waals surface area contributed by atoms with Crippen molar-refractivity contribution in [1.82, 2.24) is 24.8 Å². The van der Waals surface area contributed by atoms with Crippen molar-refractivity contribution in [2.75, 3.05) is 95.9 Å². The van der Waals surface area contributed by atoms with Crippen molar-refractivity contribution in [2.24, 2.45) is 0 Å². The first-order valence-corrected chi connectivity index (χ1v) is 13.2. The van der Waals surface area contributed by atoms with E-state index >= 15 is 0 Å². The molecule has 0 unspecified atom stereocenters. The molecule has 15 heteroatoms. The van der Waals surface area contributed by atoms with E-state index in [0.717, 1.165) is 50.6 Å². The van der Waals surface area contributed by atoms with E-state index in [9.17, 15) is 4.79 Å². The monoisotopic (exact) mass is 574 g/mol. The van der Waals surface area contributed by atoms with Crippen LogP contribution in [-0.2, 0) is 19.0 Å². The number of amides is 1. The van der Waals surface area contributed by atoms with Gasteiger partial charge in [0.15, 0.2) is 5.16 Å². The van der Waals surface area contributed by atoms with Gasteiger partial charge in [-0.3, -0.25) is 9.69 Å². The van der Waals surface area contributed by atoms with Crippen LogP contribution in [0.2, 0.25) is 0 Å². The molecular formula is C25H34N8O6S. The van der Waals surface area contributed by atoms with Gasteiger partial charge in [0, 0.05) is 38.8 Å². The number of methoxy groups -OCH3 is 2. The molecule has 216 valence electrons. The first-order chi connectivity index (χ1) is 19.5. The molecule has 3 N–H and O–H groups in total. The summed E-state index contributed by atoms with van der Waals surface area (Å²) in [7, 11) is 3.03. The number of nitrogen functional groups attached to an aromatic ring is 1. The van der Waals surface area contributed by atoms with Crippen LogP contribution in [0.1, 0.15) is 0 Å². The Balaban J connectivity index is 1.56. The number of aromatic nitrogens is 4. The maximum absolute atomic E-state index is 11.7. The minimum Gasteiger partial charge on any atom is -0.480 e. The summed E-state index contributed by atoms with van der Waals surface area (Å²) >= 11 is 1.11. The van der Waals surface area contributed by atoms with Crippen molar-refractivity contribution in [3.63, 3.8) is 0 Å². The number of hydrogen-bond donors (Lipinski definition) is 2. The first kappa shape index (κ1) is 30.7. The molecule has 1 aliphatic heterocycles. The van der Waals surface area contributed by atoms with E-state index in [2.05, 4.69) is 47.7 Å². The molecule has 0 spiro atoms. The fraction of sp³-hybridized carbons (Fsp3) is 0.480. The zero-order valence-corrected chi connectivity index (χ0v) is 23.4. The Morgan fingerprint density at radius 1 is 1.07 bits per heavy atom. The molecule has 2 aromatic rings. The summed E-state index contributed by atoms with van der Waals surface area (Å²) in [6, 6.07) is 1.44. The number of anilines is 3. The molecule has 40 heavy (non-hydrogen) atoms. The Bertz CT molecular complexity index is 1150. The second kappa shape index (κ2) is 16.3. The van der Waals surface area contributed by atoms with Crippen LogP contribution in [0.4, 0.5) is 17.6 Å². The highest BCUT2D eigenvalue weighted by molar-refractivity contribution is 7.99. The molecule has 3 heterocycles. The normalized spacial score (nSPS) is 13.4. The molecule has 0 atom stereocenters. The van der Waals surface area contributed by atoms with E-state index in [1.165, 1.54) is 20.3 Å². The predicted molar refractivity (Wildman–Crippen MR) is 150 cm³/mol. The number of piperazine rings is 1. The number of carbonyl (C=O) groups is 1. The second-order valence-electron chi connectivity index (χ2n) is 8.15. The number of carbonyl (C=O) groups excluding carboxylic acids is 1. The molecule has 0 saturated carbocycles. The van der Waals surface area contributed by atoms with Crippen molar-refractivity contribution in [3.05, 3.63) is 18.7 Å². The van der Waals surface area contributed by atoms with Gasteiger partial charge in [0.05, 0.1) is 40.6 Å². The molecular weight excluding hydrogens is 540 g/mol. The molecule has 1 amide bonds. The van der Waals surface area contributed by atoms with Crippen molar-refractivity contribution in [1.29, 1.82) is 0 Å². The maximum Gasteiger partial charge on any atom is 0.248 e. The van der Waals surface area contributed by atoms with Crippen LogP contribution in [0.5, 0.6) is 11.8 Å². The fourth-order valence-corrected chi connectivity index (χ4v) is 4.48. The zero-order chi connectivity index (χ0) is 28.7. The Kier molecular flexibility index (Phi) is 12.5. The van der Waals surface area contributed by atoms with Crippen LogP contribution in [0, 0.1) is 12.5 Å². The number of nitrogens with zero attached hydrogens (tertiary/aromatic N) is 6. The lowest BCUT2D eigenvalue weighted by atomic mass is 10.3. The number of hydrogen-bond acceptors (Lipinski definition) is 14. The Hall–Kier alpha value is -3.84. The summed E-state index contributed by atoms with van der Waals surface area (Å²) in [5.41, 5.74) is 5.91. The molecule has 0 bridgehead atoms. The number of nitrogens with one attached hydrogen (secondary N) is 1. The summed E-state index contributed by atoms with van der Waals surface area (Å²) in [6.45, 7) is 9.77. The van der Waals surface area contributed by atoms with Crippen LogP contribution < -0.4 is 25.4 Å². The largest absolute Gasteiger partial charge is 0.480 e. The molecule has 0 aliphatic carbocycles. The van der Waals surface area contributed by atoms with Gasteiger partial charge in [0.25, 0.3) is 0 Å². The van der Waals surface area contributed by atoms with Gasteiger partial charge in [-0.1, -0.05) is 13.0 Å². The SMILES string of the molecule is C#COCCOCCOCCN1CCN(c2nc(OC)c(Sc3nc(N)cc(NC(=O)C=C)n3)c(OC)n2)CC1. The van der Waals surface area contributed by atoms with Crippen LogP contribution >= 0.6 is 11.8 Å². The van der Waals surface area contributed by atoms with Crippen LogP contribution in [-0.4, -0.2) is 111 Å². The average Bonchev–Trinajstić information content (AvgIpc) is 2.96. The lowest BCUT2D eigenvalue weighted by Crippen LogP contribution is -2.48. The van der Waals surface area contributed by atoms with E-state index in [1.54, 1.807) is 0 Å². The third kappa shape index (κ3) is 9.42. The molecule has 0 aromatic carbocycles. The molecule has 1 fully saturated rings. The van der Waals surface area contributed by atoms with Crippen molar-refractivity contribution in [2.45, 2.75) is 10.1 Å². The van der Waals surface area contributed by atoms with E-state index in [4.69, 9.17) is 35.8 Å². The van der Waals surface area contributed by atoms with Gasteiger partial charge in [-0.15, -0.1) is 0 Å². The van der Waals surface area contributed by atoms with Gasteiger partial charge in [0.1, 0.15) is 29.2 Å². The maximum atomic E-state index is 11.7. The summed E-state index contributed by atoms with van der Waals surface area (Å²) in [6.07, 6.45) is 8.24. The van der Waals surface area contributed by atoms with E-state index in [0.29, 0.717) is 55.6 Å². The zero-order valence-electron chi connectivity index (χ0n) is 22.6. The fourth-order valence-electron chi connectivity index (χ4n) is 3.57. The Labute approximate surface area is 237 Å². The average molecular weight is 575 g/mol. The molecule has 0 radical (unpaired) electrons. The molecule has 2 aromatic heterocycles. The van der Waals surface area contributed by atoms with E-state index < -0.39 is 5.91 Å². The summed E-state index contributed by atoms with van der Waals surface area (Å²) in [5.74, 6) is 1.09. The highest BCUT2D eigenvalue weighted by Crippen LogP contribution is 2.40. The summed E-state index contributed by atoms with van der Waals surface area (Å²) in [5, 5.41) is 2.83. The van der Waals surface area contributed by atoms with Crippen molar-refractivity contribution in [3.8, 4) is 24.3 Å². The summed E-state index contributed by atoms with van der Waals surface area (Å²) < 4.78 is 26.9. The molecule has 3 rings (SSSR count). The van der Waals surface area contributed by atoms with Crippen LogP contribution in [0.25, 0.3) is 0 Å². The van der Waals surface area contributed by atoms with Gasteiger partial charge in [-0.2, -0.15) is 9.97 Å². The number of rotatable bonds is 16. The quantitative estimate of drug-likeness (QED) is 0.126. The third-order valence-corrected chi connectivity index (χ3v) is 6.44. The van der Waals surface area contributed by atoms with Crippen LogP contribution in [0.15, 0.2) is 28.8 Å². The Morgan fingerprint density at radius 2 is 1.73 bits per heavy atom. The Morgan fingerprint density at radius 3 is 2.35 bits per heavy atom. The van der Waals surface area contributed by atoms with Gasteiger partial charge in [-0.25, -0.2) is 9.97 Å². The molecule has 1 aliphatic rings. The highest BCUT2D eigenvalue weighted by Gasteiger charge is 2.24. The van der Waals surface area contributed by atoms with Crippen molar-refractivity contribution >= 4 is 35.3 Å². The topological polar surface area (TPSA) is 159 Å². The number of terminal acetylenes is 1. The van der Waals surface area contributed by atoms with Crippen molar-refractivity contribution < 1.29 is 28.5 Å². The lowest BCUT2D eigenvalue weighted by molar-refractivity contribution is -0.111. The number of ether oxygens (including phenoxy) is 5. The second-order valence-corrected chi connectivity index (χ2v) is 9.12. The van der Waals surface area contributed by atoms with E-state index in [1.807, 2.05) is 0 Å². The third-order valence-electron chi connectivity index (χ3n) is 5.53. The standard InChI is InChI=1S/C25H34N8O6S/c1-5-20(34)28-19-17-18(26)27-25(29-19)40-21-22(35-3)30-24(31-23(21)36-4)33-9-7-32(8-10-33)11-12-38-15-16-39-14-13-37-6-2/h2,5,17H,1,7-16H2,3-4H3,(H3,26,27,28,29,34). The minimum absolute atomic E-state index is 0.176. The van der Waals surface area contributed by atoms with Gasteiger partial charge in [-0.05, 0) is 17.8 Å². The minimum atomic E-state index is -0.419. The van der Waals surface area contributed by atoms with Gasteiger partial charge in [0.2, 0.25) is 23.6 Å². The van der Waals surface area contributed by atoms with E-state index in [-0.39, 0.29) is 16.8 Å². The number of nitrogens with two attached hydrogens (primary N) is 1. The van der Waals surface area contributed by atoms with Crippen LogP contribution in [0.3, 0.4) is 0 Å². The highest BCUT2D eigenvalue weighted by atomic mass is 32.2. The molecule has 1 saturated heterocycles. The van der Waals surface area contributed by atoms with Gasteiger partial charge >= 0.3 is 0 Å². The first-order valence-electron chi connectivity index (χ1n) is 12.4. The van der Waals surface area contributed by atoms with Gasteiger partial charge < -0.3 is 39.6 Å². The smallest absolute Gasteiger partial charge is 0.248 e. The predicted octanol–water partition coefficient (Wildman–Crippen LogP) is 0.904. The molecule has 14 nitrogen and oxygen atoms in total.